The monoisotopic (exact) mass is 412 g/mol. The van der Waals surface area contributed by atoms with Crippen LogP contribution in [0.3, 0.4) is 0 Å². The van der Waals surface area contributed by atoms with Gasteiger partial charge in [0.1, 0.15) is 11.6 Å². The minimum absolute atomic E-state index is 0.0877. The minimum atomic E-state index is -4.78. The number of aromatic nitrogens is 2. The summed E-state index contributed by atoms with van der Waals surface area (Å²) < 4.78 is 47.2. The number of halogens is 3. The molecule has 2 heterocycles. The summed E-state index contributed by atoms with van der Waals surface area (Å²) in [6.07, 6.45) is -2.73. The van der Waals surface area contributed by atoms with Crippen molar-refractivity contribution in [2.24, 2.45) is 0 Å². The van der Waals surface area contributed by atoms with Crippen LogP contribution in [0, 0.1) is 0 Å². The number of aliphatic hydroxyl groups is 1. The second-order valence-electron chi connectivity index (χ2n) is 6.78. The maximum Gasteiger partial charge on any atom is 0.573 e. The number of anilines is 2. The van der Waals surface area contributed by atoms with E-state index >= 15 is 0 Å². The standard InChI is InChI=1S/C19H23F3N4O3/c1-12(11-27)24-18-25-16(9-17(26-18)23-10-15-6-3-7-28-15)13-4-2-5-14(8-13)29-19(20,21)22/h2,4-5,8-9,12,15,27H,3,6-7,10-11H2,1H3,(H2,23,24,25,26)/t12-,15+/m0/s1. The van der Waals surface area contributed by atoms with Crippen molar-refractivity contribution >= 4 is 11.8 Å². The highest BCUT2D eigenvalue weighted by Gasteiger charge is 2.31. The lowest BCUT2D eigenvalue weighted by Crippen LogP contribution is -2.22. The molecule has 1 saturated heterocycles. The van der Waals surface area contributed by atoms with Crippen LogP contribution in [0.5, 0.6) is 5.75 Å². The summed E-state index contributed by atoms with van der Waals surface area (Å²) in [6, 6.07) is 6.93. The Labute approximate surface area is 166 Å². The number of nitrogens with one attached hydrogen (secondary N) is 2. The highest BCUT2D eigenvalue weighted by Crippen LogP contribution is 2.29. The van der Waals surface area contributed by atoms with Crippen molar-refractivity contribution in [3.63, 3.8) is 0 Å². The first-order valence-corrected chi connectivity index (χ1v) is 9.30. The fourth-order valence-electron chi connectivity index (χ4n) is 2.89. The van der Waals surface area contributed by atoms with E-state index in [-0.39, 0.29) is 30.5 Å². The van der Waals surface area contributed by atoms with Gasteiger partial charge in [-0.05, 0) is 31.9 Å². The number of ether oxygens (including phenoxy) is 2. The molecule has 3 N–H and O–H groups in total. The first-order valence-electron chi connectivity index (χ1n) is 9.30. The summed E-state index contributed by atoms with van der Waals surface area (Å²) in [5.74, 6) is 0.419. The van der Waals surface area contributed by atoms with E-state index in [1.165, 1.54) is 18.2 Å². The van der Waals surface area contributed by atoms with E-state index in [1.54, 1.807) is 19.1 Å². The van der Waals surface area contributed by atoms with Crippen LogP contribution in [0.2, 0.25) is 0 Å². The minimum Gasteiger partial charge on any atom is -0.406 e. The predicted octanol–water partition coefficient (Wildman–Crippen LogP) is 3.43. The molecule has 0 spiro atoms. The van der Waals surface area contributed by atoms with Crippen molar-refractivity contribution in [3.05, 3.63) is 30.3 Å². The van der Waals surface area contributed by atoms with Crippen LogP contribution >= 0.6 is 0 Å². The third kappa shape index (κ3) is 6.47. The number of benzene rings is 1. The van der Waals surface area contributed by atoms with E-state index in [9.17, 15) is 18.3 Å². The first-order chi connectivity index (χ1) is 13.8. The molecule has 0 bridgehead atoms. The lowest BCUT2D eigenvalue weighted by Gasteiger charge is -2.16. The van der Waals surface area contributed by atoms with Crippen LogP contribution in [0.15, 0.2) is 30.3 Å². The Morgan fingerprint density at radius 3 is 2.83 bits per heavy atom. The van der Waals surface area contributed by atoms with E-state index in [1.807, 2.05) is 0 Å². The molecule has 1 aromatic carbocycles. The van der Waals surface area contributed by atoms with Crippen LogP contribution in [-0.2, 0) is 4.74 Å². The van der Waals surface area contributed by atoms with Gasteiger partial charge >= 0.3 is 6.36 Å². The quantitative estimate of drug-likeness (QED) is 0.612. The topological polar surface area (TPSA) is 88.5 Å². The van der Waals surface area contributed by atoms with E-state index < -0.39 is 6.36 Å². The van der Waals surface area contributed by atoms with Gasteiger partial charge in [0.25, 0.3) is 0 Å². The van der Waals surface area contributed by atoms with Gasteiger partial charge in [0.15, 0.2) is 0 Å². The van der Waals surface area contributed by atoms with Crippen molar-refractivity contribution < 1.29 is 27.8 Å². The van der Waals surface area contributed by atoms with Gasteiger partial charge in [-0.1, -0.05) is 12.1 Å². The molecule has 2 atom stereocenters. The van der Waals surface area contributed by atoms with Crippen LogP contribution < -0.4 is 15.4 Å². The van der Waals surface area contributed by atoms with E-state index in [0.717, 1.165) is 19.4 Å². The van der Waals surface area contributed by atoms with Crippen LogP contribution in [0.1, 0.15) is 19.8 Å². The molecular weight excluding hydrogens is 389 g/mol. The van der Waals surface area contributed by atoms with Gasteiger partial charge in [-0.2, -0.15) is 4.98 Å². The Bertz CT molecular complexity index is 814. The second-order valence-corrected chi connectivity index (χ2v) is 6.78. The maximum absolute atomic E-state index is 12.5. The molecule has 158 valence electrons. The van der Waals surface area contributed by atoms with Crippen molar-refractivity contribution in [1.29, 1.82) is 0 Å². The molecule has 1 aliphatic heterocycles. The molecule has 0 amide bonds. The zero-order valence-corrected chi connectivity index (χ0v) is 15.9. The van der Waals surface area contributed by atoms with E-state index in [4.69, 9.17) is 4.74 Å². The Hall–Kier alpha value is -2.59. The summed E-state index contributed by atoms with van der Waals surface area (Å²) in [6.45, 7) is 2.92. The van der Waals surface area contributed by atoms with Crippen LogP contribution in [0.4, 0.5) is 24.9 Å². The zero-order valence-electron chi connectivity index (χ0n) is 15.9. The van der Waals surface area contributed by atoms with Crippen molar-refractivity contribution in [1.82, 2.24) is 9.97 Å². The summed E-state index contributed by atoms with van der Waals surface area (Å²) in [5, 5.41) is 15.4. The summed E-state index contributed by atoms with van der Waals surface area (Å²) in [7, 11) is 0. The molecule has 0 saturated carbocycles. The zero-order chi connectivity index (χ0) is 20.9. The Kier molecular flexibility index (Phi) is 6.75. The summed E-state index contributed by atoms with van der Waals surface area (Å²) in [4.78, 5) is 8.75. The third-order valence-corrected chi connectivity index (χ3v) is 4.27. The molecule has 0 radical (unpaired) electrons. The number of hydrogen-bond acceptors (Lipinski definition) is 7. The predicted molar refractivity (Wildman–Crippen MR) is 102 cm³/mol. The molecule has 1 fully saturated rings. The molecule has 1 aliphatic rings. The molecular formula is C19H23F3N4O3. The number of aliphatic hydroxyl groups excluding tert-OH is 1. The lowest BCUT2D eigenvalue weighted by atomic mass is 10.1. The number of hydrogen-bond donors (Lipinski definition) is 3. The largest absolute Gasteiger partial charge is 0.573 e. The SMILES string of the molecule is C[C@@H](CO)Nc1nc(NC[C@H]2CCCO2)cc(-c2cccc(OC(F)(F)F)c2)n1. The van der Waals surface area contributed by atoms with Crippen LogP contribution in [-0.4, -0.2) is 53.3 Å². The third-order valence-electron chi connectivity index (χ3n) is 4.27. The van der Waals surface area contributed by atoms with Crippen molar-refractivity contribution in [3.8, 4) is 17.0 Å². The van der Waals surface area contributed by atoms with Crippen molar-refractivity contribution in [2.75, 3.05) is 30.4 Å². The highest BCUT2D eigenvalue weighted by molar-refractivity contribution is 5.66. The summed E-state index contributed by atoms with van der Waals surface area (Å²) in [5.41, 5.74) is 0.851. The Balaban J connectivity index is 1.86. The van der Waals surface area contributed by atoms with Gasteiger partial charge in [-0.25, -0.2) is 4.98 Å². The fraction of sp³-hybridized carbons (Fsp3) is 0.474. The molecule has 0 unspecified atom stereocenters. The fourth-order valence-corrected chi connectivity index (χ4v) is 2.89. The van der Waals surface area contributed by atoms with Gasteiger partial charge in [0.2, 0.25) is 5.95 Å². The average Bonchev–Trinajstić information content (AvgIpc) is 3.18. The van der Waals surface area contributed by atoms with E-state index in [0.29, 0.717) is 23.6 Å². The Morgan fingerprint density at radius 1 is 1.31 bits per heavy atom. The maximum atomic E-state index is 12.5. The van der Waals surface area contributed by atoms with Gasteiger partial charge in [0.05, 0.1) is 18.4 Å². The average molecular weight is 412 g/mol. The van der Waals surface area contributed by atoms with Gasteiger partial charge in [0, 0.05) is 30.8 Å². The lowest BCUT2D eigenvalue weighted by molar-refractivity contribution is -0.274. The highest BCUT2D eigenvalue weighted by atomic mass is 19.4. The van der Waals surface area contributed by atoms with Crippen molar-refractivity contribution in [2.45, 2.75) is 38.3 Å². The Morgan fingerprint density at radius 2 is 2.14 bits per heavy atom. The molecule has 3 rings (SSSR count). The summed E-state index contributed by atoms with van der Waals surface area (Å²) >= 11 is 0. The van der Waals surface area contributed by atoms with Gasteiger partial charge in [-0.3, -0.25) is 0 Å². The van der Waals surface area contributed by atoms with Gasteiger partial charge in [-0.15, -0.1) is 13.2 Å². The first kappa shape index (κ1) is 21.1. The molecule has 1 aromatic heterocycles. The molecule has 10 heteroatoms. The normalized spacial score (nSPS) is 17.8. The molecule has 29 heavy (non-hydrogen) atoms. The van der Waals surface area contributed by atoms with E-state index in [2.05, 4.69) is 25.3 Å². The smallest absolute Gasteiger partial charge is 0.406 e. The number of nitrogens with zero attached hydrogens (tertiary/aromatic N) is 2. The number of rotatable bonds is 8. The van der Waals surface area contributed by atoms with Gasteiger partial charge < -0.3 is 25.2 Å². The second kappa shape index (κ2) is 9.27. The molecule has 2 aromatic rings. The molecule has 0 aliphatic carbocycles. The number of alkyl halides is 3. The molecule has 7 nitrogen and oxygen atoms in total. The van der Waals surface area contributed by atoms with Crippen LogP contribution in [0.25, 0.3) is 11.3 Å².